The molecule has 0 spiro atoms. The lowest BCUT2D eigenvalue weighted by Gasteiger charge is -2.21. The van der Waals surface area contributed by atoms with Gasteiger partial charge in [0.15, 0.2) is 0 Å². The van der Waals surface area contributed by atoms with E-state index in [1.807, 2.05) is 19.1 Å². The molecule has 18 heavy (non-hydrogen) atoms. The first-order chi connectivity index (χ1) is 8.58. The summed E-state index contributed by atoms with van der Waals surface area (Å²) in [6, 6.07) is 3.02. The van der Waals surface area contributed by atoms with E-state index in [0.29, 0.717) is 19.5 Å². The fourth-order valence-corrected chi connectivity index (χ4v) is 2.94. The third kappa shape index (κ3) is 2.81. The van der Waals surface area contributed by atoms with Crippen LogP contribution in [0.25, 0.3) is 0 Å². The second-order valence-corrected chi connectivity index (χ2v) is 5.73. The highest BCUT2D eigenvalue weighted by molar-refractivity contribution is 7.11. The summed E-state index contributed by atoms with van der Waals surface area (Å²) in [4.78, 5) is 26.6. The number of urea groups is 1. The maximum Gasteiger partial charge on any atom is 0.326 e. The third-order valence-corrected chi connectivity index (χ3v) is 4.01. The smallest absolute Gasteiger partial charge is 0.326 e. The highest BCUT2D eigenvalue weighted by Crippen LogP contribution is 2.18. The van der Waals surface area contributed by atoms with Gasteiger partial charge in [0, 0.05) is 16.3 Å². The molecule has 2 N–H and O–H groups in total. The Bertz CT molecular complexity index is 458. The van der Waals surface area contributed by atoms with Gasteiger partial charge in [-0.1, -0.05) is 0 Å². The summed E-state index contributed by atoms with van der Waals surface area (Å²) in [6.45, 7) is 2.99. The normalized spacial score (nSPS) is 18.9. The van der Waals surface area contributed by atoms with Gasteiger partial charge in [-0.2, -0.15) is 0 Å². The van der Waals surface area contributed by atoms with Crippen LogP contribution < -0.4 is 5.32 Å². The number of aliphatic carboxylic acids is 1. The van der Waals surface area contributed by atoms with Crippen LogP contribution in [0.1, 0.15) is 22.6 Å². The predicted octanol–water partition coefficient (Wildman–Crippen LogP) is 1.82. The van der Waals surface area contributed by atoms with E-state index in [1.165, 1.54) is 9.78 Å². The Morgan fingerprint density at radius 2 is 2.33 bits per heavy atom. The van der Waals surface area contributed by atoms with E-state index in [9.17, 15) is 9.59 Å². The monoisotopic (exact) mass is 268 g/mol. The molecule has 0 aliphatic carbocycles. The van der Waals surface area contributed by atoms with Crippen molar-refractivity contribution in [2.45, 2.75) is 32.4 Å². The van der Waals surface area contributed by atoms with Crippen molar-refractivity contribution in [1.82, 2.24) is 10.2 Å². The van der Waals surface area contributed by atoms with Crippen LogP contribution >= 0.6 is 11.3 Å². The molecule has 0 saturated carbocycles. The zero-order valence-corrected chi connectivity index (χ0v) is 11.0. The highest BCUT2D eigenvalue weighted by Gasteiger charge is 2.33. The average molecular weight is 268 g/mol. The number of thiophene rings is 1. The molecular weight excluding hydrogens is 252 g/mol. The highest BCUT2D eigenvalue weighted by atomic mass is 32.1. The van der Waals surface area contributed by atoms with Crippen LogP contribution in [0.4, 0.5) is 4.79 Å². The van der Waals surface area contributed by atoms with Crippen LogP contribution in [0.5, 0.6) is 0 Å². The van der Waals surface area contributed by atoms with Crippen molar-refractivity contribution in [3.8, 4) is 0 Å². The van der Waals surface area contributed by atoms with Crippen molar-refractivity contribution in [3.63, 3.8) is 0 Å². The van der Waals surface area contributed by atoms with Gasteiger partial charge in [0.05, 0.1) is 6.54 Å². The van der Waals surface area contributed by atoms with Gasteiger partial charge in [-0.05, 0) is 31.9 Å². The minimum absolute atomic E-state index is 0.286. The van der Waals surface area contributed by atoms with Gasteiger partial charge < -0.3 is 15.3 Å². The van der Waals surface area contributed by atoms with Crippen molar-refractivity contribution < 1.29 is 14.7 Å². The average Bonchev–Trinajstić information content (AvgIpc) is 2.94. The minimum atomic E-state index is -0.922. The van der Waals surface area contributed by atoms with Crippen molar-refractivity contribution in [2.24, 2.45) is 0 Å². The van der Waals surface area contributed by atoms with E-state index >= 15 is 0 Å². The minimum Gasteiger partial charge on any atom is -0.480 e. The van der Waals surface area contributed by atoms with Crippen LogP contribution in [0.15, 0.2) is 12.1 Å². The Labute approximate surface area is 109 Å². The fourth-order valence-electron chi connectivity index (χ4n) is 2.11. The van der Waals surface area contributed by atoms with Gasteiger partial charge in [-0.3, -0.25) is 0 Å². The SMILES string of the molecule is Cc1ccc(CNC(=O)N2CCC[C@H]2C(=O)O)s1. The number of hydrogen-bond acceptors (Lipinski definition) is 3. The van der Waals surface area contributed by atoms with Crippen LogP contribution in [0.3, 0.4) is 0 Å². The lowest BCUT2D eigenvalue weighted by atomic mass is 10.2. The molecule has 2 heterocycles. The maximum atomic E-state index is 11.9. The van der Waals surface area contributed by atoms with Crippen LogP contribution in [-0.4, -0.2) is 34.6 Å². The van der Waals surface area contributed by atoms with Crippen LogP contribution in [-0.2, 0) is 11.3 Å². The van der Waals surface area contributed by atoms with Crippen molar-refractivity contribution in [2.75, 3.05) is 6.54 Å². The fraction of sp³-hybridized carbons (Fsp3) is 0.500. The summed E-state index contributed by atoms with van der Waals surface area (Å²) in [5.74, 6) is -0.922. The van der Waals surface area contributed by atoms with Gasteiger partial charge in [0.2, 0.25) is 0 Å². The topological polar surface area (TPSA) is 69.6 Å². The molecule has 0 aromatic carbocycles. The van der Waals surface area contributed by atoms with Gasteiger partial charge >= 0.3 is 12.0 Å². The first-order valence-electron chi connectivity index (χ1n) is 5.90. The van der Waals surface area contributed by atoms with Crippen LogP contribution in [0.2, 0.25) is 0 Å². The Balaban J connectivity index is 1.89. The number of amides is 2. The molecule has 1 aromatic heterocycles. The molecular formula is C12H16N2O3S. The lowest BCUT2D eigenvalue weighted by Crippen LogP contribution is -2.45. The van der Waals surface area contributed by atoms with E-state index < -0.39 is 12.0 Å². The van der Waals surface area contributed by atoms with Gasteiger partial charge in [-0.15, -0.1) is 11.3 Å². The molecule has 98 valence electrons. The standard InChI is InChI=1S/C12H16N2O3S/c1-8-4-5-9(18-8)7-13-12(17)14-6-2-3-10(14)11(15)16/h4-5,10H,2-3,6-7H2,1H3,(H,13,17)(H,15,16)/t10-/m0/s1. The molecule has 1 atom stereocenters. The molecule has 1 aromatic rings. The van der Waals surface area contributed by atoms with Crippen molar-refractivity contribution >= 4 is 23.3 Å². The molecule has 1 aliphatic rings. The molecule has 0 unspecified atom stereocenters. The van der Waals surface area contributed by atoms with Crippen molar-refractivity contribution in [1.29, 1.82) is 0 Å². The summed E-state index contributed by atoms with van der Waals surface area (Å²) in [5.41, 5.74) is 0. The van der Waals surface area contributed by atoms with Crippen molar-refractivity contribution in [3.05, 3.63) is 21.9 Å². The Hall–Kier alpha value is -1.56. The second kappa shape index (κ2) is 5.39. The molecule has 1 fully saturated rings. The number of carboxylic acid groups (broad SMARTS) is 1. The van der Waals surface area contributed by atoms with Gasteiger partial charge in [0.1, 0.15) is 6.04 Å². The molecule has 1 aliphatic heterocycles. The molecule has 2 amide bonds. The number of hydrogen-bond donors (Lipinski definition) is 2. The Kier molecular flexibility index (Phi) is 3.86. The lowest BCUT2D eigenvalue weighted by molar-refractivity contribution is -0.141. The largest absolute Gasteiger partial charge is 0.480 e. The van der Waals surface area contributed by atoms with E-state index in [4.69, 9.17) is 5.11 Å². The molecule has 2 rings (SSSR count). The Morgan fingerprint density at radius 3 is 2.94 bits per heavy atom. The first kappa shape index (κ1) is 12.9. The number of aryl methyl sites for hydroxylation is 1. The number of carboxylic acids is 1. The summed E-state index contributed by atoms with van der Waals surface area (Å²) < 4.78 is 0. The third-order valence-electron chi connectivity index (χ3n) is 3.01. The van der Waals surface area contributed by atoms with E-state index in [1.54, 1.807) is 11.3 Å². The summed E-state index contributed by atoms with van der Waals surface area (Å²) in [7, 11) is 0. The first-order valence-corrected chi connectivity index (χ1v) is 6.72. The van der Waals surface area contributed by atoms with Gasteiger partial charge in [-0.25, -0.2) is 9.59 Å². The number of rotatable bonds is 3. The second-order valence-electron chi connectivity index (χ2n) is 4.36. The van der Waals surface area contributed by atoms with E-state index in [2.05, 4.69) is 5.32 Å². The number of carbonyl (C=O) groups excluding carboxylic acids is 1. The zero-order valence-electron chi connectivity index (χ0n) is 10.2. The summed E-state index contributed by atoms with van der Waals surface area (Å²) in [6.07, 6.45) is 1.30. The Morgan fingerprint density at radius 1 is 1.56 bits per heavy atom. The number of nitrogens with one attached hydrogen (secondary N) is 1. The van der Waals surface area contributed by atoms with Crippen LogP contribution in [0, 0.1) is 6.92 Å². The van der Waals surface area contributed by atoms with E-state index in [-0.39, 0.29) is 6.03 Å². The van der Waals surface area contributed by atoms with E-state index in [0.717, 1.165) is 11.3 Å². The summed E-state index contributed by atoms with van der Waals surface area (Å²) >= 11 is 1.63. The zero-order chi connectivity index (χ0) is 13.1. The summed E-state index contributed by atoms with van der Waals surface area (Å²) in [5, 5.41) is 11.8. The molecule has 1 saturated heterocycles. The number of nitrogens with zero attached hydrogens (tertiary/aromatic N) is 1. The van der Waals surface area contributed by atoms with Gasteiger partial charge in [0.25, 0.3) is 0 Å². The molecule has 0 radical (unpaired) electrons. The number of likely N-dealkylation sites (tertiary alicyclic amines) is 1. The molecule has 6 heteroatoms. The predicted molar refractivity (Wildman–Crippen MR) is 68.7 cm³/mol. The maximum absolute atomic E-state index is 11.9. The number of carbonyl (C=O) groups is 2. The molecule has 5 nitrogen and oxygen atoms in total. The quantitative estimate of drug-likeness (QED) is 0.878. The molecule has 0 bridgehead atoms.